The smallest absolute Gasteiger partial charge is 0.335 e. The fourth-order valence-electron chi connectivity index (χ4n) is 4.37. The van der Waals surface area contributed by atoms with Gasteiger partial charge in [0.1, 0.15) is 5.75 Å². The number of rotatable bonds is 7. The molecule has 1 aliphatic rings. The van der Waals surface area contributed by atoms with Crippen LogP contribution in [-0.2, 0) is 13.5 Å². The second kappa shape index (κ2) is 8.79. The van der Waals surface area contributed by atoms with E-state index in [9.17, 15) is 14.7 Å². The van der Waals surface area contributed by atoms with Crippen LogP contribution in [0.15, 0.2) is 36.4 Å². The van der Waals surface area contributed by atoms with Crippen LogP contribution in [0.4, 0.5) is 0 Å². The molecular weight excluding hydrogens is 394 g/mol. The normalized spacial score (nSPS) is 14.1. The Morgan fingerprint density at radius 3 is 2.61 bits per heavy atom. The number of nitrogens with one attached hydrogen (secondary N) is 1. The second-order valence-corrected chi connectivity index (χ2v) is 8.17. The number of fused-ring (bicyclic) bond motifs is 1. The van der Waals surface area contributed by atoms with Crippen molar-refractivity contribution in [2.75, 3.05) is 13.7 Å². The Hall–Kier alpha value is -3.35. The average molecular weight is 421 g/mol. The highest BCUT2D eigenvalue weighted by molar-refractivity contribution is 5.98. The number of benzene rings is 2. The first kappa shape index (κ1) is 20.9. The van der Waals surface area contributed by atoms with Crippen molar-refractivity contribution in [3.8, 4) is 5.75 Å². The molecule has 1 aromatic heterocycles. The van der Waals surface area contributed by atoms with Crippen molar-refractivity contribution in [2.24, 2.45) is 13.0 Å². The zero-order valence-electron chi connectivity index (χ0n) is 17.9. The third kappa shape index (κ3) is 4.40. The number of methoxy groups -OCH3 is 1. The highest BCUT2D eigenvalue weighted by Crippen LogP contribution is 2.28. The van der Waals surface area contributed by atoms with E-state index >= 15 is 0 Å². The summed E-state index contributed by atoms with van der Waals surface area (Å²) in [4.78, 5) is 24.0. The number of aromatic nitrogens is 2. The predicted molar refractivity (Wildman–Crippen MR) is 118 cm³/mol. The van der Waals surface area contributed by atoms with Crippen molar-refractivity contribution in [1.82, 2.24) is 15.1 Å². The second-order valence-electron chi connectivity index (χ2n) is 8.17. The minimum absolute atomic E-state index is 0.0630. The number of amides is 1. The molecule has 31 heavy (non-hydrogen) atoms. The molecule has 1 amide bonds. The summed E-state index contributed by atoms with van der Waals surface area (Å²) in [6.07, 6.45) is 5.35. The van der Waals surface area contributed by atoms with Crippen LogP contribution < -0.4 is 10.1 Å². The van der Waals surface area contributed by atoms with E-state index < -0.39 is 5.97 Å². The number of aromatic carboxylic acids is 1. The van der Waals surface area contributed by atoms with Gasteiger partial charge in [0.15, 0.2) is 0 Å². The van der Waals surface area contributed by atoms with Crippen LogP contribution in [0.2, 0.25) is 0 Å². The zero-order chi connectivity index (χ0) is 22.0. The van der Waals surface area contributed by atoms with E-state index in [4.69, 9.17) is 4.74 Å². The van der Waals surface area contributed by atoms with E-state index in [0.29, 0.717) is 23.7 Å². The Bertz CT molecular complexity index is 1130. The third-order valence-corrected chi connectivity index (χ3v) is 6.11. The van der Waals surface area contributed by atoms with Gasteiger partial charge in [-0.15, -0.1) is 0 Å². The van der Waals surface area contributed by atoms with Crippen LogP contribution in [0.3, 0.4) is 0 Å². The van der Waals surface area contributed by atoms with E-state index in [0.717, 1.165) is 28.7 Å². The lowest BCUT2D eigenvalue weighted by Crippen LogP contribution is -2.28. The number of carboxylic acids is 1. The summed E-state index contributed by atoms with van der Waals surface area (Å²) < 4.78 is 7.20. The topological polar surface area (TPSA) is 93.4 Å². The molecule has 7 heteroatoms. The number of ether oxygens (including phenoxy) is 1. The van der Waals surface area contributed by atoms with Crippen molar-refractivity contribution in [3.63, 3.8) is 0 Å². The summed E-state index contributed by atoms with van der Waals surface area (Å²) in [7, 11) is 3.39. The molecule has 7 nitrogen and oxygen atoms in total. The molecule has 4 rings (SSSR count). The molecule has 1 heterocycles. The highest BCUT2D eigenvalue weighted by atomic mass is 16.5. The van der Waals surface area contributed by atoms with E-state index in [-0.39, 0.29) is 11.5 Å². The molecule has 0 saturated heterocycles. The Balaban J connectivity index is 1.60. The summed E-state index contributed by atoms with van der Waals surface area (Å²) in [5.74, 6) is 0.0282. The molecule has 0 radical (unpaired) electrons. The van der Waals surface area contributed by atoms with Crippen molar-refractivity contribution in [2.45, 2.75) is 32.1 Å². The van der Waals surface area contributed by atoms with Crippen LogP contribution in [0.1, 0.15) is 57.7 Å². The average Bonchev–Trinajstić information content (AvgIpc) is 3.40. The molecule has 1 saturated carbocycles. The standard InChI is InChI=1S/C24H27N3O4/c1-27-21-10-9-17(23(28)25-14-15-5-3-4-6-15)11-19(21)20(26-27)12-16-7-8-18(24(29)30)13-22(16)31-2/h7-11,13,15H,3-6,12,14H2,1-2H3,(H,25,28)(H,29,30). The summed E-state index contributed by atoms with van der Waals surface area (Å²) in [6, 6.07) is 10.5. The number of carbonyl (C=O) groups excluding carboxylic acids is 1. The van der Waals surface area contributed by atoms with Gasteiger partial charge >= 0.3 is 5.97 Å². The minimum Gasteiger partial charge on any atom is -0.496 e. The summed E-state index contributed by atoms with van der Waals surface area (Å²) >= 11 is 0. The molecule has 162 valence electrons. The number of nitrogens with zero attached hydrogens (tertiary/aromatic N) is 2. The van der Waals surface area contributed by atoms with Crippen molar-refractivity contribution < 1.29 is 19.4 Å². The Morgan fingerprint density at radius 1 is 1.16 bits per heavy atom. The van der Waals surface area contributed by atoms with Crippen molar-refractivity contribution >= 4 is 22.8 Å². The summed E-state index contributed by atoms with van der Waals surface area (Å²) in [5.41, 5.74) is 3.37. The van der Waals surface area contributed by atoms with Gasteiger partial charge in [-0.3, -0.25) is 9.48 Å². The maximum absolute atomic E-state index is 12.7. The molecular formula is C24H27N3O4. The quantitative estimate of drug-likeness (QED) is 0.605. The van der Waals surface area contributed by atoms with Gasteiger partial charge in [0.2, 0.25) is 0 Å². The first-order valence-corrected chi connectivity index (χ1v) is 10.6. The number of hydrogen-bond donors (Lipinski definition) is 2. The molecule has 0 spiro atoms. The fourth-order valence-corrected chi connectivity index (χ4v) is 4.37. The SMILES string of the molecule is COc1cc(C(=O)O)ccc1Cc1nn(C)c2ccc(C(=O)NCC3CCCC3)cc12. The van der Waals surface area contributed by atoms with E-state index in [2.05, 4.69) is 10.4 Å². The van der Waals surface area contributed by atoms with Crippen LogP contribution >= 0.6 is 0 Å². The number of aryl methyl sites for hydroxylation is 1. The molecule has 1 fully saturated rings. The fraction of sp³-hybridized carbons (Fsp3) is 0.375. The lowest BCUT2D eigenvalue weighted by Gasteiger charge is -2.11. The van der Waals surface area contributed by atoms with Gasteiger partial charge < -0.3 is 15.2 Å². The molecule has 0 atom stereocenters. The first-order valence-electron chi connectivity index (χ1n) is 10.6. The monoisotopic (exact) mass is 421 g/mol. The lowest BCUT2D eigenvalue weighted by molar-refractivity contribution is 0.0696. The van der Waals surface area contributed by atoms with Gasteiger partial charge in [-0.1, -0.05) is 18.9 Å². The van der Waals surface area contributed by atoms with Crippen molar-refractivity contribution in [1.29, 1.82) is 0 Å². The third-order valence-electron chi connectivity index (χ3n) is 6.11. The number of carboxylic acid groups (broad SMARTS) is 1. The van der Waals surface area contributed by atoms with Gasteiger partial charge in [-0.2, -0.15) is 5.10 Å². The summed E-state index contributed by atoms with van der Waals surface area (Å²) in [6.45, 7) is 0.726. The minimum atomic E-state index is -0.999. The number of hydrogen-bond acceptors (Lipinski definition) is 4. The van der Waals surface area contributed by atoms with Gasteiger partial charge in [-0.25, -0.2) is 4.79 Å². The van der Waals surface area contributed by atoms with E-state index in [1.807, 2.05) is 25.2 Å². The molecule has 0 bridgehead atoms. The molecule has 2 N–H and O–H groups in total. The Morgan fingerprint density at radius 2 is 1.90 bits per heavy atom. The Kier molecular flexibility index (Phi) is 5.93. The largest absolute Gasteiger partial charge is 0.496 e. The first-order chi connectivity index (χ1) is 15.0. The molecule has 0 unspecified atom stereocenters. The maximum atomic E-state index is 12.7. The highest BCUT2D eigenvalue weighted by Gasteiger charge is 2.18. The van der Waals surface area contributed by atoms with Crippen LogP contribution in [0.25, 0.3) is 10.9 Å². The maximum Gasteiger partial charge on any atom is 0.335 e. The molecule has 0 aliphatic heterocycles. The van der Waals surface area contributed by atoms with Gasteiger partial charge in [0.05, 0.1) is 23.9 Å². The molecule has 2 aromatic carbocycles. The number of carbonyl (C=O) groups is 2. The van der Waals surface area contributed by atoms with Gasteiger partial charge in [0.25, 0.3) is 5.91 Å². The van der Waals surface area contributed by atoms with Crippen LogP contribution in [-0.4, -0.2) is 40.4 Å². The molecule has 1 aliphatic carbocycles. The van der Waals surface area contributed by atoms with Gasteiger partial charge in [0, 0.05) is 36.5 Å². The van der Waals surface area contributed by atoms with Crippen molar-refractivity contribution in [3.05, 3.63) is 58.8 Å². The van der Waals surface area contributed by atoms with Crippen LogP contribution in [0.5, 0.6) is 5.75 Å². The Labute approximate surface area is 181 Å². The van der Waals surface area contributed by atoms with E-state index in [1.54, 1.807) is 16.8 Å². The van der Waals surface area contributed by atoms with Gasteiger partial charge in [-0.05, 0) is 49.1 Å². The molecule has 3 aromatic rings. The zero-order valence-corrected chi connectivity index (χ0v) is 17.9. The predicted octanol–water partition coefficient (Wildman–Crippen LogP) is 3.79. The van der Waals surface area contributed by atoms with E-state index in [1.165, 1.54) is 38.9 Å². The lowest BCUT2D eigenvalue weighted by atomic mass is 10.0. The summed E-state index contributed by atoms with van der Waals surface area (Å²) in [5, 5.41) is 17.8. The van der Waals surface area contributed by atoms with Crippen LogP contribution in [0, 0.1) is 5.92 Å².